The molecular weight excluding hydrogens is 230 g/mol. The molecule has 1 aromatic carbocycles. The van der Waals surface area contributed by atoms with Gasteiger partial charge in [0.1, 0.15) is 6.26 Å². The van der Waals surface area contributed by atoms with Gasteiger partial charge >= 0.3 is 0 Å². The number of carbonyl (C=O) groups is 1. The van der Waals surface area contributed by atoms with Crippen LogP contribution in [0.15, 0.2) is 41.3 Å². The minimum atomic E-state index is -0.0947. The molecule has 0 atom stereocenters. The first-order chi connectivity index (χ1) is 8.78. The third-order valence-electron chi connectivity index (χ3n) is 2.39. The number of oxazole rings is 1. The number of aryl methyl sites for hydroxylation is 1. The normalized spacial score (nSPS) is 9.72. The van der Waals surface area contributed by atoms with Crippen LogP contribution in [0.2, 0.25) is 0 Å². The maximum absolute atomic E-state index is 11.6. The highest BCUT2D eigenvalue weighted by molar-refractivity contribution is 5.90. The fraction of sp³-hybridized carbons (Fsp3) is 0.154. The second kappa shape index (κ2) is 5.64. The second-order valence-corrected chi connectivity index (χ2v) is 3.72. The van der Waals surface area contributed by atoms with Crippen LogP contribution in [0.4, 0.5) is 5.69 Å². The lowest BCUT2D eigenvalue weighted by molar-refractivity contribution is -0.116. The van der Waals surface area contributed by atoms with Crippen molar-refractivity contribution in [2.24, 2.45) is 0 Å². The zero-order chi connectivity index (χ0) is 12.8. The van der Waals surface area contributed by atoms with Crippen molar-refractivity contribution < 1.29 is 9.21 Å². The van der Waals surface area contributed by atoms with E-state index in [0.717, 1.165) is 5.69 Å². The third-order valence-corrected chi connectivity index (χ3v) is 2.39. The fourth-order valence-corrected chi connectivity index (χ4v) is 1.45. The Labute approximate surface area is 104 Å². The van der Waals surface area contributed by atoms with Crippen LogP contribution in [0, 0.1) is 11.3 Å². The molecule has 0 radical (unpaired) electrons. The van der Waals surface area contributed by atoms with Crippen LogP contribution in [-0.4, -0.2) is 10.9 Å². The summed E-state index contributed by atoms with van der Waals surface area (Å²) in [5.74, 6) is -0.0947. The molecule has 0 saturated carbocycles. The van der Waals surface area contributed by atoms with Crippen LogP contribution in [-0.2, 0) is 11.2 Å². The molecule has 0 spiro atoms. The highest BCUT2D eigenvalue weighted by Crippen LogP contribution is 2.09. The smallest absolute Gasteiger partial charge is 0.224 e. The van der Waals surface area contributed by atoms with Crippen LogP contribution in [0.3, 0.4) is 0 Å². The Bertz CT molecular complexity index is 553. The number of amides is 1. The summed E-state index contributed by atoms with van der Waals surface area (Å²) >= 11 is 0. The lowest BCUT2D eigenvalue weighted by atomic mass is 10.2. The first-order valence-electron chi connectivity index (χ1n) is 5.45. The van der Waals surface area contributed by atoms with Crippen LogP contribution in [0.1, 0.15) is 17.7 Å². The van der Waals surface area contributed by atoms with Crippen molar-refractivity contribution in [3.8, 4) is 6.07 Å². The van der Waals surface area contributed by atoms with Gasteiger partial charge in [0.25, 0.3) is 0 Å². The van der Waals surface area contributed by atoms with Gasteiger partial charge in [0.05, 0.1) is 17.3 Å². The standard InChI is InChI=1S/C13H11N3O2/c14-7-10-1-3-11(4-2-10)16-13(17)6-5-12-8-18-9-15-12/h1-4,8-9H,5-6H2,(H,16,17). The van der Waals surface area contributed by atoms with Crippen LogP contribution < -0.4 is 5.32 Å². The number of hydrogen-bond acceptors (Lipinski definition) is 4. The van der Waals surface area contributed by atoms with Crippen LogP contribution >= 0.6 is 0 Å². The molecule has 2 aromatic rings. The van der Waals surface area contributed by atoms with E-state index in [1.807, 2.05) is 6.07 Å². The summed E-state index contributed by atoms with van der Waals surface area (Å²) < 4.78 is 4.82. The van der Waals surface area contributed by atoms with E-state index < -0.39 is 0 Å². The van der Waals surface area contributed by atoms with E-state index in [2.05, 4.69) is 10.3 Å². The average molecular weight is 241 g/mol. The molecule has 0 saturated heterocycles. The molecule has 0 aliphatic heterocycles. The van der Waals surface area contributed by atoms with Crippen molar-refractivity contribution in [1.82, 2.24) is 4.98 Å². The van der Waals surface area contributed by atoms with Gasteiger partial charge in [-0.2, -0.15) is 5.26 Å². The monoisotopic (exact) mass is 241 g/mol. The quantitative estimate of drug-likeness (QED) is 0.889. The van der Waals surface area contributed by atoms with Crippen molar-refractivity contribution in [1.29, 1.82) is 5.26 Å². The van der Waals surface area contributed by atoms with Gasteiger partial charge in [-0.15, -0.1) is 0 Å². The van der Waals surface area contributed by atoms with Gasteiger partial charge in [-0.05, 0) is 24.3 Å². The number of anilines is 1. The lowest BCUT2D eigenvalue weighted by Gasteiger charge is -2.03. The number of nitrogens with zero attached hydrogens (tertiary/aromatic N) is 2. The molecule has 1 N–H and O–H groups in total. The van der Waals surface area contributed by atoms with Gasteiger partial charge in [-0.3, -0.25) is 4.79 Å². The summed E-state index contributed by atoms with van der Waals surface area (Å²) in [6.07, 6.45) is 3.74. The maximum Gasteiger partial charge on any atom is 0.224 e. The van der Waals surface area contributed by atoms with E-state index in [1.165, 1.54) is 12.7 Å². The topological polar surface area (TPSA) is 78.9 Å². The van der Waals surface area contributed by atoms with E-state index >= 15 is 0 Å². The van der Waals surface area contributed by atoms with E-state index in [9.17, 15) is 4.79 Å². The molecule has 2 rings (SSSR count). The van der Waals surface area contributed by atoms with Crippen molar-refractivity contribution in [3.05, 3.63) is 48.2 Å². The van der Waals surface area contributed by atoms with Crippen molar-refractivity contribution in [2.75, 3.05) is 5.32 Å². The number of hydrogen-bond donors (Lipinski definition) is 1. The van der Waals surface area contributed by atoms with Crippen LogP contribution in [0.5, 0.6) is 0 Å². The SMILES string of the molecule is N#Cc1ccc(NC(=O)CCc2cocn2)cc1. The molecule has 1 aromatic heterocycles. The average Bonchev–Trinajstić information content (AvgIpc) is 2.90. The second-order valence-electron chi connectivity index (χ2n) is 3.72. The van der Waals surface area contributed by atoms with E-state index in [-0.39, 0.29) is 5.91 Å². The molecule has 5 heteroatoms. The number of carbonyl (C=O) groups excluding carboxylic acids is 1. The number of aromatic nitrogens is 1. The Morgan fingerprint density at radius 1 is 1.39 bits per heavy atom. The molecule has 1 heterocycles. The Balaban J connectivity index is 1.85. The Morgan fingerprint density at radius 2 is 2.17 bits per heavy atom. The van der Waals surface area contributed by atoms with E-state index in [1.54, 1.807) is 24.3 Å². The van der Waals surface area contributed by atoms with Gasteiger partial charge in [0, 0.05) is 18.5 Å². The number of nitrogens with one attached hydrogen (secondary N) is 1. The van der Waals surface area contributed by atoms with Crippen molar-refractivity contribution in [2.45, 2.75) is 12.8 Å². The molecule has 0 fully saturated rings. The Morgan fingerprint density at radius 3 is 2.78 bits per heavy atom. The highest BCUT2D eigenvalue weighted by Gasteiger charge is 2.04. The van der Waals surface area contributed by atoms with Gasteiger partial charge < -0.3 is 9.73 Å². The summed E-state index contributed by atoms with van der Waals surface area (Å²) in [5.41, 5.74) is 2.00. The van der Waals surface area contributed by atoms with Crippen molar-refractivity contribution >= 4 is 11.6 Å². The number of nitriles is 1. The van der Waals surface area contributed by atoms with Gasteiger partial charge in [-0.1, -0.05) is 0 Å². The molecule has 0 aliphatic carbocycles. The fourth-order valence-electron chi connectivity index (χ4n) is 1.45. The minimum Gasteiger partial charge on any atom is -0.451 e. The molecule has 1 amide bonds. The number of benzene rings is 1. The summed E-state index contributed by atoms with van der Waals surface area (Å²) in [7, 11) is 0. The van der Waals surface area contributed by atoms with E-state index in [0.29, 0.717) is 24.1 Å². The van der Waals surface area contributed by atoms with Crippen LogP contribution in [0.25, 0.3) is 0 Å². The Kier molecular flexibility index (Phi) is 3.72. The molecular formula is C13H11N3O2. The highest BCUT2D eigenvalue weighted by atomic mass is 16.3. The van der Waals surface area contributed by atoms with Gasteiger partial charge in [0.2, 0.25) is 5.91 Å². The summed E-state index contributed by atoms with van der Waals surface area (Å²) in [4.78, 5) is 15.6. The maximum atomic E-state index is 11.6. The van der Waals surface area contributed by atoms with Gasteiger partial charge in [-0.25, -0.2) is 4.98 Å². The first kappa shape index (κ1) is 11.9. The first-order valence-corrected chi connectivity index (χ1v) is 5.45. The third kappa shape index (κ3) is 3.19. The number of rotatable bonds is 4. The summed E-state index contributed by atoms with van der Waals surface area (Å²) in [6, 6.07) is 8.74. The van der Waals surface area contributed by atoms with E-state index in [4.69, 9.17) is 9.68 Å². The molecule has 0 unspecified atom stereocenters. The largest absolute Gasteiger partial charge is 0.451 e. The molecule has 0 aliphatic rings. The predicted octanol–water partition coefficient (Wildman–Crippen LogP) is 2.12. The Hall–Kier alpha value is -2.61. The zero-order valence-electron chi connectivity index (χ0n) is 9.59. The predicted molar refractivity (Wildman–Crippen MR) is 64.6 cm³/mol. The van der Waals surface area contributed by atoms with Crippen molar-refractivity contribution in [3.63, 3.8) is 0 Å². The molecule has 5 nitrogen and oxygen atoms in total. The molecule has 0 bridgehead atoms. The summed E-state index contributed by atoms with van der Waals surface area (Å²) in [6.45, 7) is 0. The summed E-state index contributed by atoms with van der Waals surface area (Å²) in [5, 5.41) is 11.4. The zero-order valence-corrected chi connectivity index (χ0v) is 9.59. The van der Waals surface area contributed by atoms with Gasteiger partial charge in [0.15, 0.2) is 6.39 Å². The molecule has 18 heavy (non-hydrogen) atoms. The molecule has 90 valence electrons. The lowest BCUT2D eigenvalue weighted by Crippen LogP contribution is -2.12. The minimum absolute atomic E-state index is 0.0947.